The number of pyridine rings is 1. The second-order valence-electron chi connectivity index (χ2n) is 3.71. The number of carboxylic acids is 1. The van der Waals surface area contributed by atoms with Crippen molar-refractivity contribution in [1.82, 2.24) is 4.57 Å². The summed E-state index contributed by atoms with van der Waals surface area (Å²) >= 11 is 6.18. The fourth-order valence-corrected chi connectivity index (χ4v) is 1.89. The van der Waals surface area contributed by atoms with Gasteiger partial charge in [-0.05, 0) is 11.6 Å². The van der Waals surface area contributed by atoms with Gasteiger partial charge in [0.1, 0.15) is 5.50 Å². The normalized spacial score (nSPS) is 12.1. The van der Waals surface area contributed by atoms with Gasteiger partial charge in [0.25, 0.3) is 5.56 Å². The van der Waals surface area contributed by atoms with Crippen LogP contribution in [-0.2, 0) is 0 Å². The van der Waals surface area contributed by atoms with Crippen LogP contribution in [0.1, 0.15) is 21.4 Å². The number of carbonyl (C=O) groups is 1. The first-order valence-electron chi connectivity index (χ1n) is 5.24. The highest BCUT2D eigenvalue weighted by atomic mass is 35.5. The summed E-state index contributed by atoms with van der Waals surface area (Å²) in [6, 6.07) is 11.5. The molecule has 0 saturated carbocycles. The molecular weight excluding hydrogens is 254 g/mol. The Morgan fingerprint density at radius 2 is 1.89 bits per heavy atom. The Balaban J connectivity index is 2.41. The lowest BCUT2D eigenvalue weighted by Gasteiger charge is -2.13. The van der Waals surface area contributed by atoms with Crippen LogP contribution in [0.4, 0.5) is 0 Å². The second-order valence-corrected chi connectivity index (χ2v) is 4.13. The van der Waals surface area contributed by atoms with Gasteiger partial charge in [-0.2, -0.15) is 0 Å². The molecule has 1 atom stereocenters. The molecule has 1 aromatic carbocycles. The second kappa shape index (κ2) is 5.06. The predicted octanol–water partition coefficient (Wildman–Crippen LogP) is 2.33. The van der Waals surface area contributed by atoms with E-state index >= 15 is 0 Å². The zero-order chi connectivity index (χ0) is 13.1. The van der Waals surface area contributed by atoms with Crippen LogP contribution in [0, 0.1) is 0 Å². The molecule has 92 valence electrons. The van der Waals surface area contributed by atoms with E-state index in [2.05, 4.69) is 0 Å². The summed E-state index contributed by atoms with van der Waals surface area (Å²) in [4.78, 5) is 22.5. The third-order valence-corrected chi connectivity index (χ3v) is 2.98. The highest BCUT2D eigenvalue weighted by Crippen LogP contribution is 2.20. The Kier molecular flexibility index (Phi) is 3.48. The van der Waals surface area contributed by atoms with Crippen LogP contribution in [0.3, 0.4) is 0 Å². The minimum absolute atomic E-state index is 0.0480. The van der Waals surface area contributed by atoms with E-state index in [4.69, 9.17) is 16.7 Å². The highest BCUT2D eigenvalue weighted by Gasteiger charge is 2.12. The molecule has 0 radical (unpaired) electrons. The lowest BCUT2D eigenvalue weighted by atomic mass is 10.2. The first-order valence-corrected chi connectivity index (χ1v) is 5.68. The van der Waals surface area contributed by atoms with Crippen LogP contribution in [0.2, 0.25) is 0 Å². The maximum Gasteiger partial charge on any atom is 0.335 e. The number of carboxylic acid groups (broad SMARTS) is 1. The minimum Gasteiger partial charge on any atom is -0.478 e. The number of halogens is 1. The fraction of sp³-hybridized carbons (Fsp3) is 0.0769. The number of aromatic nitrogens is 1. The average Bonchev–Trinajstić information content (AvgIpc) is 2.38. The topological polar surface area (TPSA) is 59.3 Å². The van der Waals surface area contributed by atoms with Gasteiger partial charge in [0.15, 0.2) is 0 Å². The van der Waals surface area contributed by atoms with Gasteiger partial charge in [-0.25, -0.2) is 4.79 Å². The van der Waals surface area contributed by atoms with E-state index in [1.165, 1.54) is 16.8 Å². The first kappa shape index (κ1) is 12.4. The molecule has 1 heterocycles. The number of hydrogen-bond donors (Lipinski definition) is 1. The molecule has 1 unspecified atom stereocenters. The number of nitrogens with zero attached hydrogens (tertiary/aromatic N) is 1. The molecule has 0 fully saturated rings. The van der Waals surface area contributed by atoms with Gasteiger partial charge in [0.05, 0.1) is 5.56 Å². The van der Waals surface area contributed by atoms with Crippen molar-refractivity contribution in [3.05, 3.63) is 70.1 Å². The van der Waals surface area contributed by atoms with Crippen LogP contribution >= 0.6 is 11.6 Å². The summed E-state index contributed by atoms with van der Waals surface area (Å²) < 4.78 is 1.28. The van der Waals surface area contributed by atoms with Crippen LogP contribution in [0.25, 0.3) is 0 Å². The van der Waals surface area contributed by atoms with E-state index in [-0.39, 0.29) is 5.56 Å². The van der Waals surface area contributed by atoms with Crippen molar-refractivity contribution in [2.24, 2.45) is 0 Å². The van der Waals surface area contributed by atoms with E-state index in [0.29, 0.717) is 0 Å². The van der Waals surface area contributed by atoms with Crippen molar-refractivity contribution in [3.8, 4) is 0 Å². The van der Waals surface area contributed by atoms with E-state index < -0.39 is 17.0 Å². The Morgan fingerprint density at radius 1 is 1.22 bits per heavy atom. The lowest BCUT2D eigenvalue weighted by Crippen LogP contribution is -2.22. The van der Waals surface area contributed by atoms with Gasteiger partial charge in [-0.3, -0.25) is 9.36 Å². The number of rotatable bonds is 3. The maximum atomic E-state index is 11.8. The lowest BCUT2D eigenvalue weighted by molar-refractivity contribution is 0.0696. The summed E-state index contributed by atoms with van der Waals surface area (Å²) in [5.74, 6) is -1.13. The van der Waals surface area contributed by atoms with Crippen LogP contribution in [0.15, 0.2) is 53.5 Å². The number of alkyl halides is 1. The molecule has 0 saturated heterocycles. The van der Waals surface area contributed by atoms with Crippen LogP contribution in [0.5, 0.6) is 0 Å². The van der Waals surface area contributed by atoms with E-state index in [9.17, 15) is 9.59 Å². The van der Waals surface area contributed by atoms with Crippen molar-refractivity contribution < 1.29 is 9.90 Å². The summed E-state index contributed by atoms with van der Waals surface area (Å²) in [7, 11) is 0. The number of aromatic carboxylic acids is 1. The van der Waals surface area contributed by atoms with Gasteiger partial charge in [-0.15, -0.1) is 0 Å². The van der Waals surface area contributed by atoms with E-state index in [1.807, 2.05) is 18.2 Å². The molecule has 0 aliphatic heterocycles. The van der Waals surface area contributed by atoms with Crippen molar-refractivity contribution in [1.29, 1.82) is 0 Å². The Labute approximate surface area is 108 Å². The number of benzene rings is 1. The molecule has 5 heteroatoms. The Morgan fingerprint density at radius 3 is 2.44 bits per heavy atom. The van der Waals surface area contributed by atoms with Gasteiger partial charge in [0.2, 0.25) is 0 Å². The van der Waals surface area contributed by atoms with Gasteiger partial charge < -0.3 is 5.11 Å². The first-order chi connectivity index (χ1) is 8.59. The molecule has 18 heavy (non-hydrogen) atoms. The predicted molar refractivity (Wildman–Crippen MR) is 68.1 cm³/mol. The molecule has 4 nitrogen and oxygen atoms in total. The average molecular weight is 264 g/mol. The molecule has 2 aromatic rings. The molecular formula is C13H10ClNO3. The third-order valence-electron chi connectivity index (χ3n) is 2.51. The van der Waals surface area contributed by atoms with Crippen molar-refractivity contribution in [2.45, 2.75) is 5.50 Å². The van der Waals surface area contributed by atoms with Crippen molar-refractivity contribution in [2.75, 3.05) is 0 Å². The van der Waals surface area contributed by atoms with Gasteiger partial charge in [0, 0.05) is 12.3 Å². The standard InChI is InChI=1S/C13H10ClNO3/c14-12(9-4-2-1-3-5-9)15-7-6-10(13(17)18)8-11(15)16/h1-8,12H,(H,17,18). The van der Waals surface area contributed by atoms with Gasteiger partial charge in [-0.1, -0.05) is 41.9 Å². The zero-order valence-corrected chi connectivity index (χ0v) is 10.0. The zero-order valence-electron chi connectivity index (χ0n) is 9.29. The maximum absolute atomic E-state index is 11.8. The molecule has 2 rings (SSSR count). The molecule has 0 aliphatic carbocycles. The highest BCUT2D eigenvalue weighted by molar-refractivity contribution is 6.20. The Hall–Kier alpha value is -2.07. The van der Waals surface area contributed by atoms with Gasteiger partial charge >= 0.3 is 5.97 Å². The quantitative estimate of drug-likeness (QED) is 0.865. The molecule has 0 bridgehead atoms. The number of hydrogen-bond acceptors (Lipinski definition) is 2. The minimum atomic E-state index is -1.13. The Bertz CT molecular complexity index is 622. The molecule has 0 spiro atoms. The summed E-state index contributed by atoms with van der Waals surface area (Å²) in [5, 5.41) is 8.77. The molecule has 1 aromatic heterocycles. The van der Waals surface area contributed by atoms with E-state index in [1.54, 1.807) is 12.1 Å². The SMILES string of the molecule is O=C(O)c1ccn(C(Cl)c2ccccc2)c(=O)c1. The largest absolute Gasteiger partial charge is 0.478 e. The van der Waals surface area contributed by atoms with E-state index in [0.717, 1.165) is 11.6 Å². The van der Waals surface area contributed by atoms with Crippen molar-refractivity contribution >= 4 is 17.6 Å². The van der Waals surface area contributed by atoms with Crippen LogP contribution < -0.4 is 5.56 Å². The third kappa shape index (κ3) is 2.43. The fourth-order valence-electron chi connectivity index (χ4n) is 1.58. The monoisotopic (exact) mass is 263 g/mol. The molecule has 1 N–H and O–H groups in total. The molecule has 0 amide bonds. The van der Waals surface area contributed by atoms with Crippen LogP contribution in [-0.4, -0.2) is 15.6 Å². The smallest absolute Gasteiger partial charge is 0.335 e. The van der Waals surface area contributed by atoms with Crippen molar-refractivity contribution in [3.63, 3.8) is 0 Å². The summed E-state index contributed by atoms with van der Waals surface area (Å²) in [6.45, 7) is 0. The summed E-state index contributed by atoms with van der Waals surface area (Å²) in [5.41, 5.74) is -0.377. The molecule has 0 aliphatic rings. The summed E-state index contributed by atoms with van der Waals surface area (Å²) in [6.07, 6.45) is 1.39.